The number of urea groups is 1. The van der Waals surface area contributed by atoms with E-state index < -0.39 is 0 Å². The molecule has 4 heterocycles. The minimum atomic E-state index is 0.0860. The lowest BCUT2D eigenvalue weighted by Crippen LogP contribution is -2.55. The van der Waals surface area contributed by atoms with Crippen LogP contribution < -0.4 is 4.90 Å². The molecule has 2 amide bonds. The van der Waals surface area contributed by atoms with Crippen molar-refractivity contribution in [3.8, 4) is 23.0 Å². The van der Waals surface area contributed by atoms with Crippen LogP contribution in [0.3, 0.4) is 0 Å². The molecular formula is C22H25N7O3. The van der Waals surface area contributed by atoms with Crippen molar-refractivity contribution in [2.45, 2.75) is 6.92 Å². The Balaban J connectivity index is 1.29. The molecule has 0 aliphatic carbocycles. The molecule has 0 spiro atoms. The van der Waals surface area contributed by atoms with Gasteiger partial charge in [0, 0.05) is 44.8 Å². The normalized spacial score (nSPS) is 17.0. The van der Waals surface area contributed by atoms with Gasteiger partial charge < -0.3 is 23.9 Å². The first-order valence-electron chi connectivity index (χ1n) is 10.8. The minimum absolute atomic E-state index is 0.0860. The molecule has 0 unspecified atom stereocenters. The summed E-state index contributed by atoms with van der Waals surface area (Å²) in [5, 5.41) is 8.35. The second-order valence-corrected chi connectivity index (χ2v) is 7.80. The fourth-order valence-corrected chi connectivity index (χ4v) is 3.89. The van der Waals surface area contributed by atoms with Gasteiger partial charge in [-0.3, -0.25) is 4.98 Å². The first-order chi connectivity index (χ1) is 15.7. The number of benzene rings is 1. The molecule has 1 aromatic carbocycles. The third kappa shape index (κ3) is 4.13. The number of anilines is 1. The van der Waals surface area contributed by atoms with Crippen LogP contribution in [0.4, 0.5) is 10.6 Å². The SMILES string of the molecule is Cc1ncc(N2CCN(C(=O)N3CCOCC3)CC2)nc1-c1nnc(-c2ccccc2)o1. The Morgan fingerprint density at radius 2 is 1.59 bits per heavy atom. The lowest BCUT2D eigenvalue weighted by molar-refractivity contribution is 0.0428. The molecule has 0 atom stereocenters. The van der Waals surface area contributed by atoms with E-state index in [9.17, 15) is 4.79 Å². The number of piperazine rings is 1. The molecule has 2 aliphatic rings. The van der Waals surface area contributed by atoms with Gasteiger partial charge in [-0.05, 0) is 19.1 Å². The minimum Gasteiger partial charge on any atom is -0.415 e. The highest BCUT2D eigenvalue weighted by atomic mass is 16.5. The van der Waals surface area contributed by atoms with Crippen LogP contribution in [0.2, 0.25) is 0 Å². The molecule has 10 heteroatoms. The smallest absolute Gasteiger partial charge is 0.320 e. The number of nitrogens with zero attached hydrogens (tertiary/aromatic N) is 7. The summed E-state index contributed by atoms with van der Waals surface area (Å²) in [4.78, 5) is 27.9. The molecule has 166 valence electrons. The molecular weight excluding hydrogens is 410 g/mol. The maximum Gasteiger partial charge on any atom is 0.320 e. The maximum absolute atomic E-state index is 12.7. The lowest BCUT2D eigenvalue weighted by atomic mass is 10.2. The molecule has 32 heavy (non-hydrogen) atoms. The Bertz CT molecular complexity index is 1070. The number of morpholine rings is 1. The maximum atomic E-state index is 12.7. The van der Waals surface area contributed by atoms with Crippen LogP contribution in [0, 0.1) is 6.92 Å². The van der Waals surface area contributed by atoms with E-state index >= 15 is 0 Å². The van der Waals surface area contributed by atoms with Crippen molar-refractivity contribution < 1.29 is 13.9 Å². The number of aryl methyl sites for hydroxylation is 1. The van der Waals surface area contributed by atoms with Crippen LogP contribution in [0.5, 0.6) is 0 Å². The number of carbonyl (C=O) groups excluding carboxylic acids is 1. The van der Waals surface area contributed by atoms with Crippen LogP contribution in [-0.2, 0) is 4.74 Å². The first kappa shape index (κ1) is 20.4. The largest absolute Gasteiger partial charge is 0.415 e. The van der Waals surface area contributed by atoms with Gasteiger partial charge >= 0.3 is 6.03 Å². The zero-order valence-corrected chi connectivity index (χ0v) is 18.0. The van der Waals surface area contributed by atoms with E-state index in [0.717, 1.165) is 17.1 Å². The summed E-state index contributed by atoms with van der Waals surface area (Å²) in [5.74, 6) is 1.53. The molecule has 2 aromatic heterocycles. The molecule has 0 saturated carbocycles. The summed E-state index contributed by atoms with van der Waals surface area (Å²) in [7, 11) is 0. The Kier molecular flexibility index (Phi) is 5.68. The molecule has 2 aliphatic heterocycles. The van der Waals surface area contributed by atoms with Crippen LogP contribution in [0.1, 0.15) is 5.69 Å². The van der Waals surface area contributed by atoms with Gasteiger partial charge in [0.2, 0.25) is 5.89 Å². The monoisotopic (exact) mass is 435 g/mol. The van der Waals surface area contributed by atoms with E-state index in [2.05, 4.69) is 20.1 Å². The van der Waals surface area contributed by atoms with E-state index in [0.29, 0.717) is 70.0 Å². The van der Waals surface area contributed by atoms with Gasteiger partial charge in [0.25, 0.3) is 5.89 Å². The summed E-state index contributed by atoms with van der Waals surface area (Å²) in [5.41, 5.74) is 2.15. The number of hydrogen-bond donors (Lipinski definition) is 0. The third-order valence-corrected chi connectivity index (χ3v) is 5.75. The van der Waals surface area contributed by atoms with E-state index in [1.165, 1.54) is 0 Å². The summed E-state index contributed by atoms with van der Waals surface area (Å²) in [6, 6.07) is 9.72. The fourth-order valence-electron chi connectivity index (χ4n) is 3.89. The molecule has 5 rings (SSSR count). The molecule has 10 nitrogen and oxygen atoms in total. The Morgan fingerprint density at radius 3 is 2.34 bits per heavy atom. The number of rotatable bonds is 3. The molecule has 0 radical (unpaired) electrons. The second-order valence-electron chi connectivity index (χ2n) is 7.80. The highest BCUT2D eigenvalue weighted by Crippen LogP contribution is 2.26. The van der Waals surface area contributed by atoms with Crippen molar-refractivity contribution >= 4 is 11.8 Å². The third-order valence-electron chi connectivity index (χ3n) is 5.75. The number of ether oxygens (including phenoxy) is 1. The molecule has 2 saturated heterocycles. The number of amides is 2. The molecule has 3 aromatic rings. The number of carbonyl (C=O) groups is 1. The highest BCUT2D eigenvalue weighted by molar-refractivity contribution is 5.75. The zero-order valence-electron chi connectivity index (χ0n) is 18.0. The first-order valence-corrected chi connectivity index (χ1v) is 10.8. The number of aromatic nitrogens is 4. The Hall–Kier alpha value is -3.53. The van der Waals surface area contributed by atoms with Gasteiger partial charge in [0.15, 0.2) is 5.69 Å². The summed E-state index contributed by atoms with van der Waals surface area (Å²) in [6.07, 6.45) is 1.76. The quantitative estimate of drug-likeness (QED) is 0.616. The fraction of sp³-hybridized carbons (Fsp3) is 0.409. The average molecular weight is 435 g/mol. The van der Waals surface area contributed by atoms with Crippen molar-refractivity contribution in [1.29, 1.82) is 0 Å². The van der Waals surface area contributed by atoms with Gasteiger partial charge in [0.1, 0.15) is 5.82 Å². The van der Waals surface area contributed by atoms with E-state index in [4.69, 9.17) is 14.1 Å². The van der Waals surface area contributed by atoms with Crippen molar-refractivity contribution in [2.24, 2.45) is 0 Å². The van der Waals surface area contributed by atoms with Gasteiger partial charge in [0.05, 0.1) is 25.1 Å². The molecule has 0 bridgehead atoms. The van der Waals surface area contributed by atoms with E-state index in [-0.39, 0.29) is 6.03 Å². The van der Waals surface area contributed by atoms with E-state index in [1.807, 2.05) is 47.1 Å². The summed E-state index contributed by atoms with van der Waals surface area (Å²) in [6.45, 7) is 7.04. The van der Waals surface area contributed by atoms with Gasteiger partial charge in [-0.2, -0.15) is 0 Å². The van der Waals surface area contributed by atoms with Gasteiger partial charge in [-0.15, -0.1) is 10.2 Å². The standard InChI is InChI=1S/C22H25N7O3/c1-16-19(21-26-25-20(32-21)17-5-3-2-4-6-17)24-18(15-23-16)27-7-9-28(10-8-27)22(30)29-11-13-31-14-12-29/h2-6,15H,7-14H2,1H3. The van der Waals surface area contributed by atoms with Crippen LogP contribution in [-0.4, -0.2) is 88.5 Å². The van der Waals surface area contributed by atoms with E-state index in [1.54, 1.807) is 6.20 Å². The van der Waals surface area contributed by atoms with Crippen molar-refractivity contribution in [3.63, 3.8) is 0 Å². The lowest BCUT2D eigenvalue weighted by Gasteiger charge is -2.38. The number of hydrogen-bond acceptors (Lipinski definition) is 8. The van der Waals surface area contributed by atoms with Crippen molar-refractivity contribution in [2.75, 3.05) is 57.4 Å². The van der Waals surface area contributed by atoms with Gasteiger partial charge in [-0.25, -0.2) is 9.78 Å². The topological polar surface area (TPSA) is 101 Å². The summed E-state index contributed by atoms with van der Waals surface area (Å²) >= 11 is 0. The second kappa shape index (κ2) is 8.91. The van der Waals surface area contributed by atoms with Crippen LogP contribution in [0.25, 0.3) is 23.0 Å². The Labute approximate surface area is 185 Å². The molecule has 0 N–H and O–H groups in total. The Morgan fingerprint density at radius 1 is 0.906 bits per heavy atom. The van der Waals surface area contributed by atoms with Crippen molar-refractivity contribution in [3.05, 3.63) is 42.2 Å². The van der Waals surface area contributed by atoms with Crippen LogP contribution >= 0.6 is 0 Å². The molecule has 2 fully saturated rings. The highest BCUT2D eigenvalue weighted by Gasteiger charge is 2.27. The predicted molar refractivity (Wildman–Crippen MR) is 117 cm³/mol. The van der Waals surface area contributed by atoms with Gasteiger partial charge in [-0.1, -0.05) is 18.2 Å². The van der Waals surface area contributed by atoms with Crippen LogP contribution in [0.15, 0.2) is 40.9 Å². The predicted octanol–water partition coefficient (Wildman–Crippen LogP) is 2.08. The summed E-state index contributed by atoms with van der Waals surface area (Å²) < 4.78 is 11.2. The average Bonchev–Trinajstić information content (AvgIpc) is 3.35. The zero-order chi connectivity index (χ0) is 21.9. The van der Waals surface area contributed by atoms with Crippen molar-refractivity contribution in [1.82, 2.24) is 30.0 Å².